The van der Waals surface area contributed by atoms with Gasteiger partial charge in [0, 0.05) is 41.3 Å². The summed E-state index contributed by atoms with van der Waals surface area (Å²) in [5, 5.41) is 10.9. The second kappa shape index (κ2) is 9.36. The fourth-order valence-electron chi connectivity index (χ4n) is 3.63. The maximum atomic E-state index is 12.6. The number of hydrogen-bond donors (Lipinski definition) is 2. The number of halogens is 1. The van der Waals surface area contributed by atoms with E-state index in [1.807, 2.05) is 31.2 Å². The van der Waals surface area contributed by atoms with Gasteiger partial charge in [0.1, 0.15) is 11.6 Å². The second-order valence-electron chi connectivity index (χ2n) is 8.25. The Kier molecular flexibility index (Phi) is 6.15. The van der Waals surface area contributed by atoms with Gasteiger partial charge in [-0.2, -0.15) is 4.98 Å². The minimum Gasteiger partial charge on any atom is -0.378 e. The molecule has 1 saturated carbocycles. The van der Waals surface area contributed by atoms with Crippen LogP contribution in [0.15, 0.2) is 34.9 Å². The Morgan fingerprint density at radius 2 is 1.94 bits per heavy atom. The number of nitrogens with zero attached hydrogens (tertiary/aromatic N) is 4. The average molecular weight is 469 g/mol. The standard InChI is InChI=1S/C23H25ClN6O3/c1-14-19(13-25-22(31)18-12-20(33-29-18)15-2-3-15)27-23(30-8-10-32-11-9-30)28-21(14)26-17-6-4-16(24)5-7-17/h4-7,12,15H,2-3,8-11,13H2,1H3,(H,25,31)(H,26,27,28). The number of anilines is 3. The van der Waals surface area contributed by atoms with Crippen molar-refractivity contribution < 1.29 is 14.1 Å². The lowest BCUT2D eigenvalue weighted by Gasteiger charge is -2.28. The molecule has 0 radical (unpaired) electrons. The molecule has 1 aliphatic carbocycles. The van der Waals surface area contributed by atoms with Crippen molar-refractivity contribution in [2.45, 2.75) is 32.2 Å². The van der Waals surface area contributed by atoms with E-state index >= 15 is 0 Å². The van der Waals surface area contributed by atoms with Crippen LogP contribution in [0.2, 0.25) is 5.02 Å². The molecule has 10 heteroatoms. The molecule has 33 heavy (non-hydrogen) atoms. The maximum Gasteiger partial charge on any atom is 0.273 e. The first kappa shape index (κ1) is 21.7. The number of nitrogens with one attached hydrogen (secondary N) is 2. The molecular formula is C23H25ClN6O3. The van der Waals surface area contributed by atoms with Crippen molar-refractivity contribution in [1.82, 2.24) is 20.4 Å². The number of benzene rings is 1. The van der Waals surface area contributed by atoms with Gasteiger partial charge in [0.15, 0.2) is 5.69 Å². The van der Waals surface area contributed by atoms with Crippen LogP contribution in [-0.4, -0.2) is 47.3 Å². The number of ether oxygens (including phenoxy) is 1. The highest BCUT2D eigenvalue weighted by molar-refractivity contribution is 6.30. The number of aromatic nitrogens is 3. The molecule has 1 aromatic carbocycles. The zero-order valence-corrected chi connectivity index (χ0v) is 19.1. The number of morpholine rings is 1. The van der Waals surface area contributed by atoms with Crippen LogP contribution in [0.4, 0.5) is 17.5 Å². The molecule has 2 N–H and O–H groups in total. The first-order valence-corrected chi connectivity index (χ1v) is 11.4. The van der Waals surface area contributed by atoms with Crippen LogP contribution < -0.4 is 15.5 Å². The van der Waals surface area contributed by atoms with E-state index in [9.17, 15) is 4.79 Å². The lowest BCUT2D eigenvalue weighted by molar-refractivity contribution is 0.0941. The van der Waals surface area contributed by atoms with Crippen LogP contribution in [0.3, 0.4) is 0 Å². The Morgan fingerprint density at radius 1 is 1.18 bits per heavy atom. The van der Waals surface area contributed by atoms with Crippen molar-refractivity contribution in [1.29, 1.82) is 0 Å². The van der Waals surface area contributed by atoms with Gasteiger partial charge >= 0.3 is 0 Å². The largest absolute Gasteiger partial charge is 0.378 e. The second-order valence-corrected chi connectivity index (χ2v) is 8.68. The van der Waals surface area contributed by atoms with Gasteiger partial charge in [-0.3, -0.25) is 4.79 Å². The molecule has 2 aliphatic rings. The van der Waals surface area contributed by atoms with Crippen molar-refractivity contribution in [3.63, 3.8) is 0 Å². The smallest absolute Gasteiger partial charge is 0.273 e. The SMILES string of the molecule is Cc1c(CNC(=O)c2cc(C3CC3)on2)nc(N2CCOCC2)nc1Nc1ccc(Cl)cc1. The van der Waals surface area contributed by atoms with Gasteiger partial charge in [0.25, 0.3) is 5.91 Å². The topological polar surface area (TPSA) is 105 Å². The molecule has 5 rings (SSSR count). The molecule has 9 nitrogen and oxygen atoms in total. The van der Waals surface area contributed by atoms with Crippen LogP contribution in [0, 0.1) is 6.92 Å². The van der Waals surface area contributed by atoms with Gasteiger partial charge in [-0.15, -0.1) is 0 Å². The quantitative estimate of drug-likeness (QED) is 0.539. The minimum atomic E-state index is -0.288. The molecule has 3 heterocycles. The summed E-state index contributed by atoms with van der Waals surface area (Å²) in [5.74, 6) is 2.17. The Balaban J connectivity index is 1.37. The molecule has 3 aromatic rings. The first-order chi connectivity index (χ1) is 16.1. The molecule has 0 bridgehead atoms. The van der Waals surface area contributed by atoms with E-state index in [1.165, 1.54) is 0 Å². The Morgan fingerprint density at radius 3 is 2.67 bits per heavy atom. The van der Waals surface area contributed by atoms with Crippen LogP contribution in [-0.2, 0) is 11.3 Å². The molecule has 172 valence electrons. The van der Waals surface area contributed by atoms with Crippen LogP contribution >= 0.6 is 11.6 Å². The third-order valence-electron chi connectivity index (χ3n) is 5.79. The summed E-state index contributed by atoms with van der Waals surface area (Å²) in [6.07, 6.45) is 2.17. The maximum absolute atomic E-state index is 12.6. The van der Waals surface area contributed by atoms with Gasteiger partial charge in [0.2, 0.25) is 5.95 Å². The fraction of sp³-hybridized carbons (Fsp3) is 0.391. The lowest BCUT2D eigenvalue weighted by atomic mass is 10.2. The minimum absolute atomic E-state index is 0.242. The average Bonchev–Trinajstić information content (AvgIpc) is 3.57. The summed E-state index contributed by atoms with van der Waals surface area (Å²) in [6.45, 7) is 4.84. The predicted octanol–water partition coefficient (Wildman–Crippen LogP) is 3.81. The summed E-state index contributed by atoms with van der Waals surface area (Å²) in [6, 6.07) is 9.15. The van der Waals surface area contributed by atoms with Gasteiger partial charge in [-0.05, 0) is 44.0 Å². The number of hydrogen-bond acceptors (Lipinski definition) is 8. The monoisotopic (exact) mass is 468 g/mol. The summed E-state index contributed by atoms with van der Waals surface area (Å²) in [5.41, 5.74) is 2.72. The molecule has 2 aromatic heterocycles. The fourth-order valence-corrected chi connectivity index (χ4v) is 3.76. The molecular weight excluding hydrogens is 444 g/mol. The predicted molar refractivity (Wildman–Crippen MR) is 124 cm³/mol. The van der Waals surface area contributed by atoms with E-state index in [2.05, 4.69) is 20.7 Å². The van der Waals surface area contributed by atoms with E-state index in [0.717, 1.165) is 35.5 Å². The number of rotatable bonds is 7. The lowest BCUT2D eigenvalue weighted by Crippen LogP contribution is -2.38. The summed E-state index contributed by atoms with van der Waals surface area (Å²) < 4.78 is 10.8. The summed E-state index contributed by atoms with van der Waals surface area (Å²) in [7, 11) is 0. The molecule has 1 aliphatic heterocycles. The van der Waals surface area contributed by atoms with Crippen molar-refractivity contribution in [2.75, 3.05) is 36.5 Å². The molecule has 0 atom stereocenters. The van der Waals surface area contributed by atoms with Gasteiger partial charge in [0.05, 0.1) is 25.5 Å². The van der Waals surface area contributed by atoms with Crippen molar-refractivity contribution in [2.24, 2.45) is 0 Å². The normalized spacial score (nSPS) is 16.0. The third kappa shape index (κ3) is 5.09. The third-order valence-corrected chi connectivity index (χ3v) is 6.04. The first-order valence-electron chi connectivity index (χ1n) is 11.0. The van der Waals surface area contributed by atoms with Crippen molar-refractivity contribution in [3.8, 4) is 0 Å². The van der Waals surface area contributed by atoms with E-state index in [4.69, 9.17) is 30.8 Å². The van der Waals surface area contributed by atoms with Crippen molar-refractivity contribution >= 4 is 35.0 Å². The van der Waals surface area contributed by atoms with E-state index in [0.29, 0.717) is 49.0 Å². The zero-order valence-electron chi connectivity index (χ0n) is 18.3. The molecule has 1 saturated heterocycles. The highest BCUT2D eigenvalue weighted by Gasteiger charge is 2.29. The summed E-state index contributed by atoms with van der Waals surface area (Å²) >= 11 is 6.02. The number of carbonyl (C=O) groups excluding carboxylic acids is 1. The van der Waals surface area contributed by atoms with Gasteiger partial charge < -0.3 is 24.8 Å². The molecule has 0 spiro atoms. The Bertz CT molecular complexity index is 1140. The van der Waals surface area contributed by atoms with Gasteiger partial charge in [-0.1, -0.05) is 16.8 Å². The zero-order chi connectivity index (χ0) is 22.8. The summed E-state index contributed by atoms with van der Waals surface area (Å²) in [4.78, 5) is 24.3. The van der Waals surface area contributed by atoms with Crippen LogP contribution in [0.25, 0.3) is 0 Å². The highest BCUT2D eigenvalue weighted by Crippen LogP contribution is 2.40. The van der Waals surface area contributed by atoms with Crippen LogP contribution in [0.1, 0.15) is 46.3 Å². The highest BCUT2D eigenvalue weighted by atomic mass is 35.5. The van der Waals surface area contributed by atoms with Gasteiger partial charge in [-0.25, -0.2) is 4.98 Å². The van der Waals surface area contributed by atoms with E-state index in [-0.39, 0.29) is 18.1 Å². The van der Waals surface area contributed by atoms with E-state index < -0.39 is 0 Å². The Hall–Kier alpha value is -3.17. The van der Waals surface area contributed by atoms with Crippen molar-refractivity contribution in [3.05, 3.63) is 58.1 Å². The number of carbonyl (C=O) groups is 1. The Labute approximate surface area is 196 Å². The molecule has 1 amide bonds. The molecule has 0 unspecified atom stereocenters. The molecule has 2 fully saturated rings. The number of amides is 1. The van der Waals surface area contributed by atoms with Crippen LogP contribution in [0.5, 0.6) is 0 Å². The van der Waals surface area contributed by atoms with E-state index in [1.54, 1.807) is 6.07 Å².